The Balaban J connectivity index is 1.63. The van der Waals surface area contributed by atoms with Gasteiger partial charge in [0.25, 0.3) is 5.69 Å². The Hall–Kier alpha value is -4.66. The van der Waals surface area contributed by atoms with Crippen molar-refractivity contribution in [1.29, 1.82) is 0 Å². The number of methoxy groups -OCH3 is 1. The lowest BCUT2D eigenvalue weighted by molar-refractivity contribution is -0.384. The van der Waals surface area contributed by atoms with Crippen LogP contribution in [0.2, 0.25) is 0 Å². The van der Waals surface area contributed by atoms with Crippen LogP contribution in [0.1, 0.15) is 16.1 Å². The van der Waals surface area contributed by atoms with E-state index in [-0.39, 0.29) is 39.5 Å². The molecule has 0 N–H and O–H groups in total. The number of benzene rings is 3. The second-order valence-corrected chi connectivity index (χ2v) is 6.95. The Morgan fingerprint density at radius 3 is 2.48 bits per heavy atom. The van der Waals surface area contributed by atoms with Crippen molar-refractivity contribution in [3.8, 4) is 23.0 Å². The van der Waals surface area contributed by atoms with Crippen molar-refractivity contribution in [2.75, 3.05) is 7.11 Å². The van der Waals surface area contributed by atoms with E-state index in [0.29, 0.717) is 11.5 Å². The number of carbonyl (C=O) groups excluding carboxylic acids is 1. The number of fused-ring (bicyclic) bond motifs is 1. The van der Waals surface area contributed by atoms with E-state index in [9.17, 15) is 19.7 Å². The average Bonchev–Trinajstić information content (AvgIpc) is 2.81. The molecule has 4 aromatic rings. The van der Waals surface area contributed by atoms with Gasteiger partial charge < -0.3 is 18.6 Å². The number of esters is 1. The number of aryl methyl sites for hydroxylation is 1. The molecule has 0 unspecified atom stereocenters. The van der Waals surface area contributed by atoms with Gasteiger partial charge in [0.2, 0.25) is 11.2 Å². The van der Waals surface area contributed by atoms with Crippen molar-refractivity contribution < 1.29 is 28.3 Å². The van der Waals surface area contributed by atoms with Gasteiger partial charge in [0.15, 0.2) is 0 Å². The van der Waals surface area contributed by atoms with Gasteiger partial charge in [-0.3, -0.25) is 14.9 Å². The van der Waals surface area contributed by atoms with Gasteiger partial charge in [-0.1, -0.05) is 12.1 Å². The molecule has 0 aliphatic carbocycles. The zero-order chi connectivity index (χ0) is 23.5. The number of carbonyl (C=O) groups is 1. The summed E-state index contributed by atoms with van der Waals surface area (Å²) in [5, 5.41) is 11.1. The zero-order valence-corrected chi connectivity index (χ0v) is 17.6. The minimum Gasteiger partial charge on any atom is -0.497 e. The molecule has 0 atom stereocenters. The van der Waals surface area contributed by atoms with Crippen molar-refractivity contribution in [1.82, 2.24) is 0 Å². The molecule has 0 saturated carbocycles. The molecule has 1 aromatic heterocycles. The van der Waals surface area contributed by atoms with Crippen LogP contribution >= 0.6 is 0 Å². The molecular weight excluding hydrogens is 430 g/mol. The molecule has 0 aliphatic rings. The Morgan fingerprint density at radius 2 is 1.73 bits per heavy atom. The second-order valence-electron chi connectivity index (χ2n) is 6.95. The molecule has 0 amide bonds. The monoisotopic (exact) mass is 447 g/mol. The SMILES string of the molecule is COc1cccc(Oc2c(C)oc3cc(OC(=O)c4cccc([N+](=O)[O-])c4)ccc3c2=O)c1. The molecule has 9 heteroatoms. The van der Waals surface area contributed by atoms with Crippen LogP contribution in [0.4, 0.5) is 5.69 Å². The first-order chi connectivity index (χ1) is 15.9. The number of nitrogens with zero attached hydrogens (tertiary/aromatic N) is 1. The number of hydrogen-bond donors (Lipinski definition) is 0. The first-order valence-corrected chi connectivity index (χ1v) is 9.71. The Bertz CT molecular complexity index is 1440. The molecule has 9 nitrogen and oxygen atoms in total. The number of ether oxygens (including phenoxy) is 3. The van der Waals surface area contributed by atoms with E-state index in [1.807, 2.05) is 0 Å². The smallest absolute Gasteiger partial charge is 0.343 e. The summed E-state index contributed by atoms with van der Waals surface area (Å²) < 4.78 is 22.0. The standard InChI is InChI=1S/C24H17NO8/c1-14-23(32-18-8-4-7-17(12-18)30-2)22(26)20-10-9-19(13-21(20)31-14)33-24(27)15-5-3-6-16(11-15)25(28)29/h3-13H,1-2H3. The van der Waals surface area contributed by atoms with E-state index in [1.165, 1.54) is 43.5 Å². The molecule has 0 fully saturated rings. The van der Waals surface area contributed by atoms with E-state index in [0.717, 1.165) is 6.07 Å². The van der Waals surface area contributed by atoms with Crippen molar-refractivity contribution in [3.63, 3.8) is 0 Å². The van der Waals surface area contributed by atoms with Crippen molar-refractivity contribution in [3.05, 3.63) is 98.4 Å². The second kappa shape index (κ2) is 8.83. The first-order valence-electron chi connectivity index (χ1n) is 9.71. The topological polar surface area (TPSA) is 118 Å². The van der Waals surface area contributed by atoms with Crippen LogP contribution in [0.15, 0.2) is 75.9 Å². The van der Waals surface area contributed by atoms with Crippen LogP contribution in [-0.4, -0.2) is 18.0 Å². The molecular formula is C24H17NO8. The molecule has 3 aromatic carbocycles. The summed E-state index contributed by atoms with van der Waals surface area (Å²) in [7, 11) is 1.53. The Kier molecular flexibility index (Phi) is 5.77. The summed E-state index contributed by atoms with van der Waals surface area (Å²) in [6.45, 7) is 1.58. The Morgan fingerprint density at radius 1 is 0.970 bits per heavy atom. The highest BCUT2D eigenvalue weighted by atomic mass is 16.6. The van der Waals surface area contributed by atoms with Gasteiger partial charge >= 0.3 is 5.97 Å². The van der Waals surface area contributed by atoms with Crippen LogP contribution in [0.5, 0.6) is 23.0 Å². The third-order valence-corrected chi connectivity index (χ3v) is 4.75. The van der Waals surface area contributed by atoms with Gasteiger partial charge in [-0.15, -0.1) is 0 Å². The third-order valence-electron chi connectivity index (χ3n) is 4.75. The lowest BCUT2D eigenvalue weighted by Gasteiger charge is -2.10. The van der Waals surface area contributed by atoms with Crippen LogP contribution in [0.25, 0.3) is 11.0 Å². The van der Waals surface area contributed by atoms with Gasteiger partial charge in [-0.05, 0) is 37.3 Å². The van der Waals surface area contributed by atoms with Gasteiger partial charge in [0.1, 0.15) is 28.6 Å². The van der Waals surface area contributed by atoms with Crippen molar-refractivity contribution >= 4 is 22.6 Å². The van der Waals surface area contributed by atoms with Crippen LogP contribution in [0.3, 0.4) is 0 Å². The molecule has 4 rings (SSSR count). The van der Waals surface area contributed by atoms with E-state index < -0.39 is 16.3 Å². The minimum atomic E-state index is -0.782. The molecule has 0 aliphatic heterocycles. The van der Waals surface area contributed by atoms with E-state index >= 15 is 0 Å². The maximum Gasteiger partial charge on any atom is 0.343 e. The maximum absolute atomic E-state index is 13.0. The van der Waals surface area contributed by atoms with Crippen molar-refractivity contribution in [2.24, 2.45) is 0 Å². The number of rotatable bonds is 6. The van der Waals surface area contributed by atoms with Crippen LogP contribution in [0, 0.1) is 17.0 Å². The van der Waals surface area contributed by atoms with Crippen LogP contribution in [-0.2, 0) is 0 Å². The average molecular weight is 447 g/mol. The van der Waals surface area contributed by atoms with Gasteiger partial charge in [-0.2, -0.15) is 0 Å². The number of nitro benzene ring substituents is 1. The largest absolute Gasteiger partial charge is 0.497 e. The quantitative estimate of drug-likeness (QED) is 0.175. The summed E-state index contributed by atoms with van der Waals surface area (Å²) in [6, 6.07) is 16.3. The third kappa shape index (κ3) is 4.52. The molecule has 0 saturated heterocycles. The summed E-state index contributed by atoms with van der Waals surface area (Å²) in [6.07, 6.45) is 0. The summed E-state index contributed by atoms with van der Waals surface area (Å²) in [4.78, 5) is 35.7. The fourth-order valence-corrected chi connectivity index (χ4v) is 3.14. The summed E-state index contributed by atoms with van der Waals surface area (Å²) in [5.74, 6) is 0.574. The number of nitro groups is 1. The molecule has 1 heterocycles. The maximum atomic E-state index is 13.0. The molecule has 0 bridgehead atoms. The first kappa shape index (κ1) is 21.6. The normalized spacial score (nSPS) is 10.6. The molecule has 0 radical (unpaired) electrons. The van der Waals surface area contributed by atoms with E-state index in [2.05, 4.69) is 0 Å². The number of hydrogen-bond acceptors (Lipinski definition) is 8. The predicted molar refractivity (Wildman–Crippen MR) is 118 cm³/mol. The van der Waals surface area contributed by atoms with Crippen molar-refractivity contribution in [2.45, 2.75) is 6.92 Å². The molecule has 33 heavy (non-hydrogen) atoms. The molecule has 166 valence electrons. The molecule has 0 spiro atoms. The van der Waals surface area contributed by atoms with Gasteiger partial charge in [0, 0.05) is 24.3 Å². The summed E-state index contributed by atoms with van der Waals surface area (Å²) in [5.41, 5.74) is -0.412. The fraction of sp³-hybridized carbons (Fsp3) is 0.0833. The lowest BCUT2D eigenvalue weighted by Crippen LogP contribution is -2.10. The van der Waals surface area contributed by atoms with Crippen LogP contribution < -0.4 is 19.6 Å². The fourth-order valence-electron chi connectivity index (χ4n) is 3.14. The minimum absolute atomic E-state index is 0.0176. The zero-order valence-electron chi connectivity index (χ0n) is 17.6. The highest BCUT2D eigenvalue weighted by molar-refractivity contribution is 5.92. The van der Waals surface area contributed by atoms with E-state index in [1.54, 1.807) is 31.2 Å². The van der Waals surface area contributed by atoms with Gasteiger partial charge in [-0.25, -0.2) is 4.79 Å². The Labute approximate surface area is 186 Å². The lowest BCUT2D eigenvalue weighted by atomic mass is 10.2. The van der Waals surface area contributed by atoms with E-state index in [4.69, 9.17) is 18.6 Å². The summed E-state index contributed by atoms with van der Waals surface area (Å²) >= 11 is 0. The number of non-ortho nitro benzene ring substituents is 1. The highest BCUT2D eigenvalue weighted by Gasteiger charge is 2.17. The highest BCUT2D eigenvalue weighted by Crippen LogP contribution is 2.29. The van der Waals surface area contributed by atoms with Gasteiger partial charge in [0.05, 0.1) is 23.0 Å². The predicted octanol–water partition coefficient (Wildman–Crippen LogP) is 5.03.